The number of fused-ring (bicyclic) bond motifs is 1. The molecule has 3 aromatic rings. The van der Waals surface area contributed by atoms with Crippen LogP contribution in [0.25, 0.3) is 22.0 Å². The highest BCUT2D eigenvalue weighted by Gasteiger charge is 2.17. The van der Waals surface area contributed by atoms with Crippen LogP contribution in [0.1, 0.15) is 24.8 Å². The summed E-state index contributed by atoms with van der Waals surface area (Å²) < 4.78 is 6.93. The fraction of sp³-hybridized carbons (Fsp3) is 0.348. The van der Waals surface area contributed by atoms with E-state index in [0.717, 1.165) is 41.7 Å². The maximum atomic E-state index is 12.9. The molecule has 0 bridgehead atoms. The van der Waals surface area contributed by atoms with Gasteiger partial charge in [-0.25, -0.2) is 4.68 Å². The van der Waals surface area contributed by atoms with E-state index in [0.29, 0.717) is 11.9 Å². The zero-order chi connectivity index (χ0) is 20.2. The average molecular weight is 391 g/mol. The molecule has 0 unspecified atom stereocenters. The van der Waals surface area contributed by atoms with Crippen molar-refractivity contribution in [3.05, 3.63) is 64.4 Å². The normalized spacial score (nSPS) is 16.2. The van der Waals surface area contributed by atoms with Crippen molar-refractivity contribution in [2.75, 3.05) is 13.2 Å². The Bertz CT molecular complexity index is 1070. The molecule has 1 saturated heterocycles. The summed E-state index contributed by atoms with van der Waals surface area (Å²) >= 11 is 0. The van der Waals surface area contributed by atoms with Crippen LogP contribution in [-0.4, -0.2) is 34.9 Å². The van der Waals surface area contributed by atoms with E-state index in [2.05, 4.69) is 10.4 Å². The van der Waals surface area contributed by atoms with Gasteiger partial charge in [0.15, 0.2) is 0 Å². The lowest BCUT2D eigenvalue weighted by atomic mass is 10.0. The molecule has 6 nitrogen and oxygen atoms in total. The van der Waals surface area contributed by atoms with Crippen LogP contribution in [0.5, 0.6) is 0 Å². The summed E-state index contributed by atoms with van der Waals surface area (Å²) in [4.78, 5) is 25.1. The molecule has 0 aliphatic carbocycles. The summed E-state index contributed by atoms with van der Waals surface area (Å²) in [5, 5.41) is 8.94. The van der Waals surface area contributed by atoms with Gasteiger partial charge in [-0.1, -0.05) is 48.0 Å². The smallest absolute Gasteiger partial charge is 0.274 e. The van der Waals surface area contributed by atoms with E-state index >= 15 is 0 Å². The summed E-state index contributed by atoms with van der Waals surface area (Å²) in [7, 11) is 0. The van der Waals surface area contributed by atoms with Crippen LogP contribution < -0.4 is 10.9 Å². The van der Waals surface area contributed by atoms with E-state index in [1.54, 1.807) is 0 Å². The van der Waals surface area contributed by atoms with E-state index in [9.17, 15) is 9.59 Å². The molecule has 0 saturated carbocycles. The summed E-state index contributed by atoms with van der Waals surface area (Å²) in [5.74, 6) is -0.0979. The SMILES string of the molecule is Cc1ccc(-c2nn(CCC(=O)NC[C@H]3CCCO3)c(=O)c3ccccc23)cc1. The lowest BCUT2D eigenvalue weighted by molar-refractivity contribution is -0.121. The maximum Gasteiger partial charge on any atom is 0.274 e. The lowest BCUT2D eigenvalue weighted by Crippen LogP contribution is -2.33. The average Bonchev–Trinajstić information content (AvgIpc) is 3.26. The molecule has 6 heteroatoms. The van der Waals surface area contributed by atoms with Crippen LogP contribution in [0.15, 0.2) is 53.3 Å². The van der Waals surface area contributed by atoms with Gasteiger partial charge < -0.3 is 10.1 Å². The molecule has 2 aromatic carbocycles. The van der Waals surface area contributed by atoms with Crippen LogP contribution in [0.2, 0.25) is 0 Å². The monoisotopic (exact) mass is 391 g/mol. The molecule has 2 heterocycles. The predicted molar refractivity (Wildman–Crippen MR) is 113 cm³/mol. The minimum atomic E-state index is -0.177. The Morgan fingerprint density at radius 2 is 1.93 bits per heavy atom. The minimum Gasteiger partial charge on any atom is -0.376 e. The third-order valence-corrected chi connectivity index (χ3v) is 5.29. The Hall–Kier alpha value is -2.99. The topological polar surface area (TPSA) is 73.2 Å². The molecule has 1 atom stereocenters. The summed E-state index contributed by atoms with van der Waals surface area (Å²) in [6.45, 7) is 3.55. The van der Waals surface area contributed by atoms with Crippen LogP contribution in [0.3, 0.4) is 0 Å². The highest BCUT2D eigenvalue weighted by Crippen LogP contribution is 2.24. The van der Waals surface area contributed by atoms with Crippen LogP contribution >= 0.6 is 0 Å². The number of ether oxygens (including phenoxy) is 1. The minimum absolute atomic E-state index is 0.0979. The number of nitrogens with one attached hydrogen (secondary N) is 1. The van der Waals surface area contributed by atoms with E-state index < -0.39 is 0 Å². The van der Waals surface area contributed by atoms with Gasteiger partial charge in [0.2, 0.25) is 5.91 Å². The highest BCUT2D eigenvalue weighted by molar-refractivity contribution is 5.93. The molecule has 1 amide bonds. The number of carbonyl (C=O) groups is 1. The number of hydrogen-bond acceptors (Lipinski definition) is 4. The maximum absolute atomic E-state index is 12.9. The number of nitrogens with zero attached hydrogens (tertiary/aromatic N) is 2. The largest absolute Gasteiger partial charge is 0.376 e. The van der Waals surface area contributed by atoms with Gasteiger partial charge in [0, 0.05) is 30.5 Å². The van der Waals surface area contributed by atoms with Gasteiger partial charge in [-0.3, -0.25) is 9.59 Å². The molecule has 0 radical (unpaired) electrons. The first kappa shape index (κ1) is 19.3. The number of amides is 1. The Morgan fingerprint density at radius 3 is 2.66 bits per heavy atom. The number of hydrogen-bond donors (Lipinski definition) is 1. The highest BCUT2D eigenvalue weighted by atomic mass is 16.5. The molecule has 150 valence electrons. The number of benzene rings is 2. The molecular weight excluding hydrogens is 366 g/mol. The van der Waals surface area contributed by atoms with Gasteiger partial charge in [0.25, 0.3) is 5.56 Å². The van der Waals surface area contributed by atoms with Crippen molar-refractivity contribution in [1.29, 1.82) is 0 Å². The predicted octanol–water partition coefficient (Wildman–Crippen LogP) is 3.06. The quantitative estimate of drug-likeness (QED) is 0.701. The van der Waals surface area contributed by atoms with Gasteiger partial charge >= 0.3 is 0 Å². The number of carbonyl (C=O) groups excluding carboxylic acids is 1. The molecule has 1 aliphatic rings. The van der Waals surface area contributed by atoms with Crippen molar-refractivity contribution in [2.24, 2.45) is 0 Å². The number of rotatable bonds is 6. The third kappa shape index (κ3) is 4.38. The molecule has 1 aromatic heterocycles. The molecule has 0 spiro atoms. The van der Waals surface area contributed by atoms with E-state index in [1.165, 1.54) is 4.68 Å². The van der Waals surface area contributed by atoms with Crippen molar-refractivity contribution in [1.82, 2.24) is 15.1 Å². The van der Waals surface area contributed by atoms with Crippen molar-refractivity contribution < 1.29 is 9.53 Å². The summed E-state index contributed by atoms with van der Waals surface area (Å²) in [6.07, 6.45) is 2.32. The molecular formula is C23H25N3O3. The zero-order valence-corrected chi connectivity index (χ0v) is 16.6. The van der Waals surface area contributed by atoms with E-state index in [-0.39, 0.29) is 30.5 Å². The molecule has 1 aliphatic heterocycles. The van der Waals surface area contributed by atoms with E-state index in [1.807, 2.05) is 55.5 Å². The summed E-state index contributed by atoms with van der Waals surface area (Å²) in [5.41, 5.74) is 2.68. The van der Waals surface area contributed by atoms with Crippen molar-refractivity contribution in [2.45, 2.75) is 38.8 Å². The van der Waals surface area contributed by atoms with Gasteiger partial charge in [-0.15, -0.1) is 0 Å². The second-order valence-electron chi connectivity index (χ2n) is 7.48. The van der Waals surface area contributed by atoms with Gasteiger partial charge in [0.1, 0.15) is 0 Å². The van der Waals surface area contributed by atoms with Gasteiger partial charge in [-0.2, -0.15) is 5.10 Å². The second kappa shape index (κ2) is 8.57. The van der Waals surface area contributed by atoms with Crippen molar-refractivity contribution in [3.8, 4) is 11.3 Å². The second-order valence-corrected chi connectivity index (χ2v) is 7.48. The Kier molecular flexibility index (Phi) is 5.71. The lowest BCUT2D eigenvalue weighted by Gasteiger charge is -2.13. The molecule has 1 N–H and O–H groups in total. The van der Waals surface area contributed by atoms with Crippen LogP contribution in [0, 0.1) is 6.92 Å². The third-order valence-electron chi connectivity index (χ3n) is 5.29. The first-order valence-electron chi connectivity index (χ1n) is 10.1. The van der Waals surface area contributed by atoms with Crippen LogP contribution in [-0.2, 0) is 16.1 Å². The standard InChI is InChI=1S/C23H25N3O3/c1-16-8-10-17(11-9-16)22-19-6-2-3-7-20(19)23(28)26(25-22)13-12-21(27)24-15-18-5-4-14-29-18/h2-3,6-11,18H,4-5,12-15H2,1H3,(H,24,27)/t18-/m1/s1. The molecule has 1 fully saturated rings. The fourth-order valence-corrected chi connectivity index (χ4v) is 3.64. The number of aromatic nitrogens is 2. The van der Waals surface area contributed by atoms with Gasteiger partial charge in [0.05, 0.1) is 23.7 Å². The fourth-order valence-electron chi connectivity index (χ4n) is 3.64. The molecule has 4 rings (SSSR count). The first-order valence-corrected chi connectivity index (χ1v) is 10.1. The van der Waals surface area contributed by atoms with Crippen LogP contribution in [0.4, 0.5) is 0 Å². The summed E-state index contributed by atoms with van der Waals surface area (Å²) in [6, 6.07) is 15.5. The van der Waals surface area contributed by atoms with Crippen molar-refractivity contribution >= 4 is 16.7 Å². The van der Waals surface area contributed by atoms with E-state index in [4.69, 9.17) is 4.74 Å². The number of aryl methyl sites for hydroxylation is 2. The Balaban J connectivity index is 1.57. The Labute approximate surface area is 169 Å². The first-order chi connectivity index (χ1) is 14.1. The zero-order valence-electron chi connectivity index (χ0n) is 16.6. The van der Waals surface area contributed by atoms with Crippen molar-refractivity contribution in [3.63, 3.8) is 0 Å². The Morgan fingerprint density at radius 1 is 1.17 bits per heavy atom. The molecule has 29 heavy (non-hydrogen) atoms. The van der Waals surface area contributed by atoms with Gasteiger partial charge in [-0.05, 0) is 25.8 Å².